The lowest BCUT2D eigenvalue weighted by molar-refractivity contribution is 0.366. The molecule has 0 saturated carbocycles. The van der Waals surface area contributed by atoms with E-state index in [1.54, 1.807) is 11.1 Å². The summed E-state index contributed by atoms with van der Waals surface area (Å²) in [4.78, 5) is 2.36. The number of rotatable bonds is 0. The molecule has 11 heavy (non-hydrogen) atoms. The summed E-state index contributed by atoms with van der Waals surface area (Å²) in [7, 11) is 2.17. The van der Waals surface area contributed by atoms with Crippen LogP contribution in [0.5, 0.6) is 0 Å². The van der Waals surface area contributed by atoms with Gasteiger partial charge in [0.05, 0.1) is 0 Å². The van der Waals surface area contributed by atoms with E-state index in [0.29, 0.717) is 0 Å². The Labute approximate surface area is 69.4 Å². The molecule has 0 aromatic carbocycles. The summed E-state index contributed by atoms with van der Waals surface area (Å²) in [6.45, 7) is 6.55. The van der Waals surface area contributed by atoms with E-state index in [1.807, 2.05) is 0 Å². The molecule has 0 amide bonds. The molecule has 1 heterocycles. The molecule has 0 spiro atoms. The maximum atomic E-state index is 2.36. The van der Waals surface area contributed by atoms with Gasteiger partial charge in [-0.2, -0.15) is 0 Å². The maximum absolute atomic E-state index is 2.36. The summed E-state index contributed by atoms with van der Waals surface area (Å²) in [6, 6.07) is 0. The quantitative estimate of drug-likeness (QED) is 0.480. The van der Waals surface area contributed by atoms with Crippen molar-refractivity contribution in [3.05, 3.63) is 23.3 Å². The number of hydrogen-bond acceptors (Lipinski definition) is 1. The van der Waals surface area contributed by atoms with Crippen molar-refractivity contribution in [1.29, 1.82) is 0 Å². The van der Waals surface area contributed by atoms with E-state index < -0.39 is 0 Å². The second kappa shape index (κ2) is 3.72. The van der Waals surface area contributed by atoms with Gasteiger partial charge in [-0.05, 0) is 27.3 Å². The van der Waals surface area contributed by atoms with Crippen LogP contribution < -0.4 is 0 Å². The second-order valence-electron chi connectivity index (χ2n) is 3.24. The fourth-order valence-corrected chi connectivity index (χ4v) is 1.54. The lowest BCUT2D eigenvalue weighted by Crippen LogP contribution is -2.28. The van der Waals surface area contributed by atoms with Crippen molar-refractivity contribution in [1.82, 2.24) is 4.90 Å². The summed E-state index contributed by atoms with van der Waals surface area (Å²) in [5, 5.41) is 0. The summed E-state index contributed by atoms with van der Waals surface area (Å²) >= 11 is 0. The first kappa shape index (κ1) is 8.54. The van der Waals surface area contributed by atoms with Gasteiger partial charge in [0.2, 0.25) is 0 Å². The highest BCUT2D eigenvalue weighted by Crippen LogP contribution is 2.18. The van der Waals surface area contributed by atoms with Crippen LogP contribution in [0.15, 0.2) is 23.3 Å². The predicted molar refractivity (Wildman–Crippen MR) is 49.6 cm³/mol. The van der Waals surface area contributed by atoms with Crippen molar-refractivity contribution in [3.8, 4) is 0 Å². The molecule has 1 fully saturated rings. The average molecular weight is 151 g/mol. The largest absolute Gasteiger partial charge is 0.299 e. The molecular weight excluding hydrogens is 134 g/mol. The molecule has 0 bridgehead atoms. The van der Waals surface area contributed by atoms with E-state index in [1.165, 1.54) is 6.42 Å². The van der Waals surface area contributed by atoms with Crippen LogP contribution in [0, 0.1) is 0 Å². The number of piperidine rings is 1. The van der Waals surface area contributed by atoms with Crippen molar-refractivity contribution in [2.75, 3.05) is 20.1 Å². The molecular formula is C10H17N. The Morgan fingerprint density at radius 2 is 1.55 bits per heavy atom. The zero-order chi connectivity index (χ0) is 8.27. The van der Waals surface area contributed by atoms with E-state index in [4.69, 9.17) is 0 Å². The molecule has 1 heteroatoms. The minimum Gasteiger partial charge on any atom is -0.299 e. The third-order valence-corrected chi connectivity index (χ3v) is 2.22. The van der Waals surface area contributed by atoms with Crippen LogP contribution in [0.2, 0.25) is 0 Å². The highest BCUT2D eigenvalue weighted by molar-refractivity contribution is 5.21. The Balaban J connectivity index is 2.65. The molecule has 0 N–H and O–H groups in total. The predicted octanol–water partition coefficient (Wildman–Crippen LogP) is 2.21. The van der Waals surface area contributed by atoms with Crippen molar-refractivity contribution in [2.24, 2.45) is 0 Å². The Morgan fingerprint density at radius 1 is 1.09 bits per heavy atom. The minimum atomic E-state index is 1.15. The lowest BCUT2D eigenvalue weighted by atomic mass is 10.00. The fraction of sp³-hybridized carbons (Fsp3) is 0.600. The van der Waals surface area contributed by atoms with Crippen molar-refractivity contribution >= 4 is 0 Å². The zero-order valence-corrected chi connectivity index (χ0v) is 7.72. The smallest absolute Gasteiger partial charge is 0.0196 e. The first-order valence-corrected chi connectivity index (χ1v) is 4.23. The highest BCUT2D eigenvalue weighted by Gasteiger charge is 2.12. The molecule has 1 nitrogen and oxygen atoms in total. The standard InChI is InChI=1S/C10H17N/c1-4-9-6-10(5-2)8-11(3)7-9/h4-5H,6-8H2,1-3H3/b9-4+,10-5+. The Hall–Kier alpha value is -0.560. The first-order chi connectivity index (χ1) is 5.26. The molecule has 1 rings (SSSR count). The fourth-order valence-electron chi connectivity index (χ4n) is 1.54. The van der Waals surface area contributed by atoms with Crippen molar-refractivity contribution < 1.29 is 0 Å². The molecule has 0 aromatic heterocycles. The number of hydrogen-bond donors (Lipinski definition) is 0. The normalized spacial score (nSPS) is 28.3. The van der Waals surface area contributed by atoms with Crippen LogP contribution in [0.25, 0.3) is 0 Å². The van der Waals surface area contributed by atoms with Crippen LogP contribution in [-0.4, -0.2) is 25.0 Å². The summed E-state index contributed by atoms with van der Waals surface area (Å²) < 4.78 is 0. The van der Waals surface area contributed by atoms with Crippen LogP contribution in [-0.2, 0) is 0 Å². The van der Waals surface area contributed by atoms with Crippen molar-refractivity contribution in [3.63, 3.8) is 0 Å². The second-order valence-corrected chi connectivity index (χ2v) is 3.24. The van der Waals surface area contributed by atoms with E-state index in [2.05, 4.69) is 37.9 Å². The Kier molecular flexibility index (Phi) is 2.89. The average Bonchev–Trinajstić information content (AvgIpc) is 2.03. The van der Waals surface area contributed by atoms with Gasteiger partial charge in [-0.1, -0.05) is 23.3 Å². The topological polar surface area (TPSA) is 3.24 Å². The lowest BCUT2D eigenvalue weighted by Gasteiger charge is -2.26. The van der Waals surface area contributed by atoms with Crippen LogP contribution >= 0.6 is 0 Å². The van der Waals surface area contributed by atoms with Gasteiger partial charge in [-0.25, -0.2) is 0 Å². The van der Waals surface area contributed by atoms with E-state index >= 15 is 0 Å². The molecule has 0 aromatic rings. The molecule has 1 aliphatic heterocycles. The van der Waals surface area contributed by atoms with Gasteiger partial charge in [0.25, 0.3) is 0 Å². The molecule has 0 atom stereocenters. The monoisotopic (exact) mass is 151 g/mol. The van der Waals surface area contributed by atoms with Gasteiger partial charge < -0.3 is 0 Å². The summed E-state index contributed by atoms with van der Waals surface area (Å²) in [6.07, 6.45) is 5.66. The summed E-state index contributed by atoms with van der Waals surface area (Å²) in [5.74, 6) is 0. The number of allylic oxidation sites excluding steroid dienone is 2. The molecule has 0 unspecified atom stereocenters. The third kappa shape index (κ3) is 2.19. The first-order valence-electron chi connectivity index (χ1n) is 4.23. The minimum absolute atomic E-state index is 1.15. The van der Waals surface area contributed by atoms with Gasteiger partial charge >= 0.3 is 0 Å². The van der Waals surface area contributed by atoms with Crippen LogP contribution in [0.3, 0.4) is 0 Å². The SMILES string of the molecule is C/C=C1\C/C(=C\C)CN(C)C1. The van der Waals surface area contributed by atoms with E-state index in [0.717, 1.165) is 13.1 Å². The number of nitrogens with zero attached hydrogens (tertiary/aromatic N) is 1. The van der Waals surface area contributed by atoms with Crippen molar-refractivity contribution in [2.45, 2.75) is 20.3 Å². The highest BCUT2D eigenvalue weighted by atomic mass is 15.1. The van der Waals surface area contributed by atoms with E-state index in [-0.39, 0.29) is 0 Å². The maximum Gasteiger partial charge on any atom is 0.0196 e. The Morgan fingerprint density at radius 3 is 1.91 bits per heavy atom. The van der Waals surface area contributed by atoms with Gasteiger partial charge in [-0.15, -0.1) is 0 Å². The van der Waals surface area contributed by atoms with Gasteiger partial charge in [0.15, 0.2) is 0 Å². The number of likely N-dealkylation sites (N-methyl/N-ethyl adjacent to an activating group) is 1. The van der Waals surface area contributed by atoms with Gasteiger partial charge in [-0.3, -0.25) is 4.90 Å². The molecule has 0 aliphatic carbocycles. The van der Waals surface area contributed by atoms with Crippen LogP contribution in [0.1, 0.15) is 20.3 Å². The summed E-state index contributed by atoms with van der Waals surface area (Å²) in [5.41, 5.74) is 3.10. The zero-order valence-electron chi connectivity index (χ0n) is 7.72. The van der Waals surface area contributed by atoms with Crippen LogP contribution in [0.4, 0.5) is 0 Å². The third-order valence-electron chi connectivity index (χ3n) is 2.22. The van der Waals surface area contributed by atoms with E-state index in [9.17, 15) is 0 Å². The molecule has 62 valence electrons. The Bertz CT molecular complexity index is 169. The number of likely N-dealkylation sites (tertiary alicyclic amines) is 1. The molecule has 0 radical (unpaired) electrons. The molecule has 1 saturated heterocycles. The van der Waals surface area contributed by atoms with Gasteiger partial charge in [0, 0.05) is 13.1 Å². The molecule has 1 aliphatic rings. The van der Waals surface area contributed by atoms with Gasteiger partial charge in [0.1, 0.15) is 0 Å².